The average Bonchev–Trinajstić information content (AvgIpc) is 2.76. The van der Waals surface area contributed by atoms with E-state index in [4.69, 9.17) is 23.2 Å². The zero-order chi connectivity index (χ0) is 22.5. The van der Waals surface area contributed by atoms with E-state index in [0.29, 0.717) is 5.69 Å². The summed E-state index contributed by atoms with van der Waals surface area (Å²) in [6.07, 6.45) is 0.139. The van der Waals surface area contributed by atoms with E-state index in [9.17, 15) is 24.2 Å². The number of carbonyl (C=O) groups excluding carboxylic acids is 2. The molecule has 0 aromatic heterocycles. The Hall–Kier alpha value is -3.29. The smallest absolute Gasteiger partial charge is 0.255 e. The molecule has 0 aliphatic heterocycles. The molecule has 0 aliphatic rings. The van der Waals surface area contributed by atoms with E-state index in [1.807, 2.05) is 6.07 Å². The van der Waals surface area contributed by atoms with Crippen LogP contribution in [-0.2, 0) is 11.2 Å². The summed E-state index contributed by atoms with van der Waals surface area (Å²) in [7, 11) is 0. The highest BCUT2D eigenvalue weighted by molar-refractivity contribution is 6.38. The van der Waals surface area contributed by atoms with E-state index in [1.54, 1.807) is 24.3 Å². The molecular weight excluding hydrogens is 446 g/mol. The van der Waals surface area contributed by atoms with Crippen LogP contribution in [0.3, 0.4) is 0 Å². The molecule has 0 heterocycles. The van der Waals surface area contributed by atoms with Crippen LogP contribution in [0.4, 0.5) is 10.1 Å². The van der Waals surface area contributed by atoms with Crippen LogP contribution in [-0.4, -0.2) is 28.1 Å². The third kappa shape index (κ3) is 5.45. The second-order valence-corrected chi connectivity index (χ2v) is 7.41. The number of hydrogen-bond donors (Lipinski definition) is 4. The van der Waals surface area contributed by atoms with Crippen molar-refractivity contribution in [2.45, 2.75) is 12.5 Å². The summed E-state index contributed by atoms with van der Waals surface area (Å²) < 4.78 is 13.1. The minimum atomic E-state index is -1.05. The molecule has 0 spiro atoms. The number of carbonyl (C=O) groups is 2. The fourth-order valence-corrected chi connectivity index (χ4v) is 3.28. The van der Waals surface area contributed by atoms with Gasteiger partial charge in [-0.15, -0.1) is 0 Å². The number of aromatic hydroxyl groups is 2. The molecule has 1 atom stereocenters. The van der Waals surface area contributed by atoms with Gasteiger partial charge in [-0.1, -0.05) is 53.5 Å². The molecule has 0 unspecified atom stereocenters. The van der Waals surface area contributed by atoms with Gasteiger partial charge in [0.05, 0.1) is 10.6 Å². The molecule has 6 nitrogen and oxygen atoms in total. The maximum Gasteiger partial charge on any atom is 0.255 e. The quantitative estimate of drug-likeness (QED) is 0.432. The first-order valence-corrected chi connectivity index (χ1v) is 9.83. The first-order valence-electron chi connectivity index (χ1n) is 9.07. The first-order chi connectivity index (χ1) is 14.8. The number of phenolic OH excluding ortho intramolecular Hbond substituents is 2. The van der Waals surface area contributed by atoms with Crippen LogP contribution < -0.4 is 10.6 Å². The summed E-state index contributed by atoms with van der Waals surface area (Å²) in [6.45, 7) is 0. The van der Waals surface area contributed by atoms with Crippen molar-refractivity contribution in [1.82, 2.24) is 5.32 Å². The largest absolute Gasteiger partial charge is 0.505 e. The third-order valence-corrected chi connectivity index (χ3v) is 5.08. The molecule has 0 radical (unpaired) electrons. The Morgan fingerprint density at radius 1 is 0.968 bits per heavy atom. The summed E-state index contributed by atoms with van der Waals surface area (Å²) in [5.74, 6) is -3.06. The van der Waals surface area contributed by atoms with Gasteiger partial charge in [0, 0.05) is 12.1 Å². The third-order valence-electron chi connectivity index (χ3n) is 4.43. The van der Waals surface area contributed by atoms with E-state index in [-0.39, 0.29) is 17.0 Å². The monoisotopic (exact) mass is 462 g/mol. The SMILES string of the molecule is O=C(N[C@@H](Cc1ccccc1)C(=O)Nc1ccc(F)cc1)c1cc(Cl)c(O)c(Cl)c1O. The lowest BCUT2D eigenvalue weighted by Gasteiger charge is -2.19. The fraction of sp³-hybridized carbons (Fsp3) is 0.0909. The van der Waals surface area contributed by atoms with Gasteiger partial charge in [0.2, 0.25) is 5.91 Å². The second-order valence-electron chi connectivity index (χ2n) is 6.63. The number of rotatable bonds is 6. The van der Waals surface area contributed by atoms with E-state index in [1.165, 1.54) is 24.3 Å². The molecule has 4 N–H and O–H groups in total. The molecule has 9 heteroatoms. The average molecular weight is 463 g/mol. The summed E-state index contributed by atoms with van der Waals surface area (Å²) >= 11 is 11.7. The van der Waals surface area contributed by atoms with E-state index in [0.717, 1.165) is 11.6 Å². The number of phenols is 2. The van der Waals surface area contributed by atoms with Gasteiger partial charge >= 0.3 is 0 Å². The van der Waals surface area contributed by atoms with Gasteiger partial charge in [0.25, 0.3) is 5.91 Å². The van der Waals surface area contributed by atoms with Crippen molar-refractivity contribution in [3.63, 3.8) is 0 Å². The Balaban J connectivity index is 1.86. The molecule has 0 saturated heterocycles. The number of benzene rings is 3. The Labute approximate surface area is 187 Å². The van der Waals surface area contributed by atoms with Gasteiger partial charge in [0.1, 0.15) is 16.9 Å². The van der Waals surface area contributed by atoms with Crippen molar-refractivity contribution >= 4 is 40.7 Å². The van der Waals surface area contributed by atoms with Gasteiger partial charge in [-0.2, -0.15) is 0 Å². The maximum atomic E-state index is 13.1. The van der Waals surface area contributed by atoms with Gasteiger partial charge in [-0.05, 0) is 35.9 Å². The van der Waals surface area contributed by atoms with Crippen LogP contribution in [0.1, 0.15) is 15.9 Å². The van der Waals surface area contributed by atoms with Crippen LogP contribution in [0.5, 0.6) is 11.5 Å². The number of nitrogens with one attached hydrogen (secondary N) is 2. The van der Waals surface area contributed by atoms with E-state index < -0.39 is 40.2 Å². The van der Waals surface area contributed by atoms with Crippen molar-refractivity contribution in [2.75, 3.05) is 5.32 Å². The minimum Gasteiger partial charge on any atom is -0.505 e. The molecular formula is C22H17Cl2FN2O4. The highest BCUT2D eigenvalue weighted by Gasteiger charge is 2.26. The maximum absolute atomic E-state index is 13.1. The molecule has 0 saturated carbocycles. The molecule has 160 valence electrons. The Kier molecular flexibility index (Phi) is 6.99. The lowest BCUT2D eigenvalue weighted by Crippen LogP contribution is -2.45. The van der Waals surface area contributed by atoms with Crippen LogP contribution in [0.15, 0.2) is 60.7 Å². The normalized spacial score (nSPS) is 11.6. The summed E-state index contributed by atoms with van der Waals surface area (Å²) in [5.41, 5.74) is 0.811. The topological polar surface area (TPSA) is 98.7 Å². The van der Waals surface area contributed by atoms with Crippen LogP contribution in [0, 0.1) is 5.82 Å². The van der Waals surface area contributed by atoms with Gasteiger partial charge in [-0.3, -0.25) is 9.59 Å². The van der Waals surface area contributed by atoms with Crippen molar-refractivity contribution in [3.05, 3.63) is 87.7 Å². The Morgan fingerprint density at radius 2 is 1.61 bits per heavy atom. The summed E-state index contributed by atoms with van der Waals surface area (Å²) in [4.78, 5) is 25.7. The van der Waals surface area contributed by atoms with Crippen LogP contribution >= 0.6 is 23.2 Å². The van der Waals surface area contributed by atoms with Crippen molar-refractivity contribution < 1.29 is 24.2 Å². The van der Waals surface area contributed by atoms with E-state index in [2.05, 4.69) is 10.6 Å². The number of halogens is 3. The lowest BCUT2D eigenvalue weighted by atomic mass is 10.0. The molecule has 31 heavy (non-hydrogen) atoms. The molecule has 0 bridgehead atoms. The van der Waals surface area contributed by atoms with Crippen LogP contribution in [0.2, 0.25) is 10.0 Å². The van der Waals surface area contributed by atoms with Gasteiger partial charge in [-0.25, -0.2) is 4.39 Å². The number of anilines is 1. The van der Waals surface area contributed by atoms with Crippen LogP contribution in [0.25, 0.3) is 0 Å². The fourth-order valence-electron chi connectivity index (χ4n) is 2.83. The second kappa shape index (κ2) is 9.68. The summed E-state index contributed by atoms with van der Waals surface area (Å²) in [5, 5.41) is 24.3. The molecule has 2 amide bonds. The standard InChI is InChI=1S/C22H17Cl2FN2O4/c23-16-11-15(19(28)18(24)20(16)29)21(30)27-17(10-12-4-2-1-3-5-12)22(31)26-14-8-6-13(25)7-9-14/h1-9,11,17,28-29H,10H2,(H,26,31)(H,27,30)/t17-/m0/s1. The molecule has 3 rings (SSSR count). The molecule has 0 aliphatic carbocycles. The van der Waals surface area contributed by atoms with E-state index >= 15 is 0 Å². The predicted octanol–water partition coefficient (Wildman–Crippen LogP) is 4.52. The zero-order valence-electron chi connectivity index (χ0n) is 15.9. The highest BCUT2D eigenvalue weighted by atomic mass is 35.5. The molecule has 3 aromatic rings. The predicted molar refractivity (Wildman–Crippen MR) is 116 cm³/mol. The highest BCUT2D eigenvalue weighted by Crippen LogP contribution is 2.40. The van der Waals surface area contributed by atoms with Gasteiger partial charge < -0.3 is 20.8 Å². The molecule has 0 fully saturated rings. The minimum absolute atomic E-state index is 0.139. The summed E-state index contributed by atoms with van der Waals surface area (Å²) in [6, 6.07) is 14.1. The number of amides is 2. The lowest BCUT2D eigenvalue weighted by molar-refractivity contribution is -0.118. The zero-order valence-corrected chi connectivity index (χ0v) is 17.4. The van der Waals surface area contributed by atoms with Crippen molar-refractivity contribution in [1.29, 1.82) is 0 Å². The Morgan fingerprint density at radius 3 is 2.26 bits per heavy atom. The van der Waals surface area contributed by atoms with Gasteiger partial charge in [0.15, 0.2) is 11.5 Å². The first kappa shape index (κ1) is 22.4. The van der Waals surface area contributed by atoms with Crippen molar-refractivity contribution in [3.8, 4) is 11.5 Å². The Bertz CT molecular complexity index is 1110. The molecule has 3 aromatic carbocycles. The van der Waals surface area contributed by atoms with Crippen molar-refractivity contribution in [2.24, 2.45) is 0 Å². The number of hydrogen-bond acceptors (Lipinski definition) is 4.